The number of anilines is 2. The van der Waals surface area contributed by atoms with Gasteiger partial charge in [-0.25, -0.2) is 4.98 Å². The van der Waals surface area contributed by atoms with E-state index < -0.39 is 0 Å². The van der Waals surface area contributed by atoms with Crippen molar-refractivity contribution < 1.29 is 0 Å². The van der Waals surface area contributed by atoms with Gasteiger partial charge in [0.15, 0.2) is 0 Å². The number of pyridine rings is 1. The van der Waals surface area contributed by atoms with E-state index in [9.17, 15) is 0 Å². The molecule has 0 fully saturated rings. The van der Waals surface area contributed by atoms with E-state index in [1.165, 1.54) is 4.88 Å². The fourth-order valence-electron chi connectivity index (χ4n) is 1.20. The number of hydrogen-bond donors (Lipinski definition) is 2. The molecule has 15 heavy (non-hydrogen) atoms. The largest absolute Gasteiger partial charge is 0.399 e. The number of thiophene rings is 1. The van der Waals surface area contributed by atoms with Gasteiger partial charge in [0.1, 0.15) is 11.0 Å². The monoisotopic (exact) mass is 239 g/mol. The van der Waals surface area contributed by atoms with Gasteiger partial charge in [0.2, 0.25) is 0 Å². The summed E-state index contributed by atoms with van der Waals surface area (Å²) >= 11 is 7.48. The zero-order valence-electron chi connectivity index (χ0n) is 7.90. The highest BCUT2D eigenvalue weighted by Gasteiger charge is 1.99. The Kier molecular flexibility index (Phi) is 3.08. The van der Waals surface area contributed by atoms with Crippen molar-refractivity contribution in [2.24, 2.45) is 0 Å². The normalized spacial score (nSPS) is 10.2. The van der Waals surface area contributed by atoms with Crippen molar-refractivity contribution in [3.63, 3.8) is 0 Å². The van der Waals surface area contributed by atoms with Crippen LogP contribution in [0.15, 0.2) is 29.6 Å². The molecule has 0 unspecified atom stereocenters. The average Bonchev–Trinajstić information content (AvgIpc) is 2.65. The molecule has 0 aliphatic carbocycles. The number of rotatable bonds is 3. The number of nitrogen functional groups attached to an aromatic ring is 1. The van der Waals surface area contributed by atoms with Crippen LogP contribution in [0.5, 0.6) is 0 Å². The molecular weight excluding hydrogens is 230 g/mol. The quantitative estimate of drug-likeness (QED) is 0.810. The molecule has 3 nitrogen and oxygen atoms in total. The molecule has 0 radical (unpaired) electrons. The molecule has 2 aromatic heterocycles. The molecule has 0 saturated carbocycles. The zero-order valence-corrected chi connectivity index (χ0v) is 9.48. The predicted octanol–water partition coefficient (Wildman–Crippen LogP) is 2.99. The lowest BCUT2D eigenvalue weighted by Crippen LogP contribution is -2.00. The molecule has 78 valence electrons. The Hall–Kier alpha value is -1.26. The van der Waals surface area contributed by atoms with E-state index in [2.05, 4.69) is 16.4 Å². The molecule has 2 aromatic rings. The van der Waals surface area contributed by atoms with Crippen molar-refractivity contribution in [2.45, 2.75) is 6.54 Å². The number of nitrogens with zero attached hydrogens (tertiary/aromatic N) is 1. The first-order valence-electron chi connectivity index (χ1n) is 4.43. The molecule has 2 rings (SSSR count). The molecule has 0 atom stereocenters. The van der Waals surface area contributed by atoms with Crippen LogP contribution in [0, 0.1) is 0 Å². The summed E-state index contributed by atoms with van der Waals surface area (Å²) in [7, 11) is 0. The fourth-order valence-corrected chi connectivity index (χ4v) is 2.06. The van der Waals surface area contributed by atoms with Crippen LogP contribution < -0.4 is 11.1 Å². The van der Waals surface area contributed by atoms with Crippen molar-refractivity contribution in [3.8, 4) is 0 Å². The van der Waals surface area contributed by atoms with Crippen LogP contribution in [0.1, 0.15) is 4.88 Å². The Labute approximate surface area is 96.9 Å². The SMILES string of the molecule is Nc1cc(Cl)nc(NCc2cccs2)c1. The summed E-state index contributed by atoms with van der Waals surface area (Å²) in [4.78, 5) is 5.36. The number of nitrogens with two attached hydrogens (primary N) is 1. The first kappa shape index (κ1) is 10.3. The molecular formula is C10H10ClN3S. The fraction of sp³-hybridized carbons (Fsp3) is 0.100. The van der Waals surface area contributed by atoms with Crippen molar-refractivity contribution in [1.29, 1.82) is 0 Å². The summed E-state index contributed by atoms with van der Waals surface area (Å²) in [6, 6.07) is 7.46. The van der Waals surface area contributed by atoms with Gasteiger partial charge < -0.3 is 11.1 Å². The van der Waals surface area contributed by atoms with Gasteiger partial charge >= 0.3 is 0 Å². The average molecular weight is 240 g/mol. The van der Waals surface area contributed by atoms with Crippen LogP contribution in [-0.4, -0.2) is 4.98 Å². The van der Waals surface area contributed by atoms with E-state index in [-0.39, 0.29) is 0 Å². The van der Waals surface area contributed by atoms with Gasteiger partial charge in [-0.2, -0.15) is 0 Å². The smallest absolute Gasteiger partial charge is 0.133 e. The van der Waals surface area contributed by atoms with Crippen LogP contribution >= 0.6 is 22.9 Å². The van der Waals surface area contributed by atoms with Crippen molar-refractivity contribution in [2.75, 3.05) is 11.1 Å². The van der Waals surface area contributed by atoms with Gasteiger partial charge in [0.25, 0.3) is 0 Å². The first-order valence-corrected chi connectivity index (χ1v) is 5.69. The van der Waals surface area contributed by atoms with Gasteiger partial charge in [0.05, 0.1) is 6.54 Å². The minimum atomic E-state index is 0.406. The van der Waals surface area contributed by atoms with Crippen LogP contribution in [0.25, 0.3) is 0 Å². The van der Waals surface area contributed by atoms with E-state index in [4.69, 9.17) is 17.3 Å². The molecule has 0 aromatic carbocycles. The van der Waals surface area contributed by atoms with E-state index in [0.717, 1.165) is 6.54 Å². The number of hydrogen-bond acceptors (Lipinski definition) is 4. The Morgan fingerprint density at radius 2 is 2.33 bits per heavy atom. The summed E-state index contributed by atoms with van der Waals surface area (Å²) in [6.45, 7) is 0.741. The maximum atomic E-state index is 5.78. The highest BCUT2D eigenvalue weighted by atomic mass is 35.5. The second-order valence-corrected chi connectivity index (χ2v) is 4.46. The summed E-state index contributed by atoms with van der Waals surface area (Å²) in [5.41, 5.74) is 6.26. The van der Waals surface area contributed by atoms with Gasteiger partial charge in [0, 0.05) is 16.6 Å². The van der Waals surface area contributed by atoms with Gasteiger partial charge in [-0.3, -0.25) is 0 Å². The summed E-state index contributed by atoms with van der Waals surface area (Å²) < 4.78 is 0. The van der Waals surface area contributed by atoms with Crippen LogP contribution in [-0.2, 0) is 6.54 Å². The lowest BCUT2D eigenvalue weighted by molar-refractivity contribution is 1.14. The third kappa shape index (κ3) is 2.84. The number of aromatic nitrogens is 1. The van der Waals surface area contributed by atoms with E-state index in [1.807, 2.05) is 11.4 Å². The minimum Gasteiger partial charge on any atom is -0.399 e. The Bertz CT molecular complexity index is 422. The molecule has 0 aliphatic heterocycles. The van der Waals surface area contributed by atoms with E-state index in [0.29, 0.717) is 16.7 Å². The van der Waals surface area contributed by atoms with Gasteiger partial charge in [-0.1, -0.05) is 17.7 Å². The number of nitrogens with one attached hydrogen (secondary N) is 1. The maximum absolute atomic E-state index is 5.78. The lowest BCUT2D eigenvalue weighted by atomic mass is 10.4. The predicted molar refractivity (Wildman–Crippen MR) is 65.3 cm³/mol. The summed E-state index contributed by atoms with van der Waals surface area (Å²) in [6.07, 6.45) is 0. The highest BCUT2D eigenvalue weighted by Crippen LogP contribution is 2.17. The standard InChI is InChI=1S/C10H10ClN3S/c11-9-4-7(12)5-10(14-9)13-6-8-2-1-3-15-8/h1-5H,6H2,(H3,12,13,14). The molecule has 0 aliphatic rings. The topological polar surface area (TPSA) is 50.9 Å². The van der Waals surface area contributed by atoms with Crippen molar-refractivity contribution >= 4 is 34.4 Å². The molecule has 0 amide bonds. The molecule has 0 spiro atoms. The summed E-state index contributed by atoms with van der Waals surface area (Å²) in [5, 5.41) is 5.61. The first-order chi connectivity index (χ1) is 7.24. The summed E-state index contributed by atoms with van der Waals surface area (Å²) in [5.74, 6) is 0.702. The van der Waals surface area contributed by atoms with Crippen LogP contribution in [0.2, 0.25) is 5.15 Å². The van der Waals surface area contributed by atoms with Gasteiger partial charge in [-0.15, -0.1) is 11.3 Å². The Morgan fingerprint density at radius 3 is 3.00 bits per heavy atom. The molecule has 3 N–H and O–H groups in total. The zero-order chi connectivity index (χ0) is 10.7. The minimum absolute atomic E-state index is 0.406. The van der Waals surface area contributed by atoms with Crippen LogP contribution in [0.4, 0.5) is 11.5 Å². The van der Waals surface area contributed by atoms with E-state index >= 15 is 0 Å². The second kappa shape index (κ2) is 4.51. The lowest BCUT2D eigenvalue weighted by Gasteiger charge is -2.05. The van der Waals surface area contributed by atoms with Crippen molar-refractivity contribution in [1.82, 2.24) is 4.98 Å². The molecule has 2 heterocycles. The Morgan fingerprint density at radius 1 is 1.47 bits per heavy atom. The highest BCUT2D eigenvalue weighted by molar-refractivity contribution is 7.09. The molecule has 0 bridgehead atoms. The molecule has 0 saturated heterocycles. The maximum Gasteiger partial charge on any atom is 0.133 e. The van der Waals surface area contributed by atoms with Gasteiger partial charge in [-0.05, 0) is 17.5 Å². The second-order valence-electron chi connectivity index (χ2n) is 3.04. The third-order valence-electron chi connectivity index (χ3n) is 1.84. The van der Waals surface area contributed by atoms with Crippen LogP contribution in [0.3, 0.4) is 0 Å². The van der Waals surface area contributed by atoms with E-state index in [1.54, 1.807) is 23.5 Å². The number of halogens is 1. The Balaban J connectivity index is 2.05. The molecule has 5 heteroatoms. The van der Waals surface area contributed by atoms with Crippen molar-refractivity contribution in [3.05, 3.63) is 39.7 Å². The third-order valence-corrected chi connectivity index (χ3v) is 2.91.